The van der Waals surface area contributed by atoms with Crippen LogP contribution >= 0.6 is 23.2 Å². The fourth-order valence-electron chi connectivity index (χ4n) is 2.18. The summed E-state index contributed by atoms with van der Waals surface area (Å²) in [5.74, 6) is -1.30. The third-order valence-corrected chi connectivity index (χ3v) is 3.84. The van der Waals surface area contributed by atoms with Gasteiger partial charge in [-0.2, -0.15) is 20.1 Å². The fraction of sp³-hybridized carbons (Fsp3) is 0.118. The molecular weight excluding hydrogens is 437 g/mol. The third kappa shape index (κ3) is 5.81. The third-order valence-electron chi connectivity index (χ3n) is 3.35. The molecule has 0 bridgehead atoms. The predicted octanol–water partition coefficient (Wildman–Crippen LogP) is 6.17. The molecule has 6 nitrogen and oxygen atoms in total. The van der Waals surface area contributed by atoms with Gasteiger partial charge in [-0.1, -0.05) is 29.8 Å². The molecule has 2 aromatic carbocycles. The topological polar surface area (TPSA) is 72.6 Å². The van der Waals surface area contributed by atoms with Crippen LogP contribution in [0.15, 0.2) is 52.7 Å². The van der Waals surface area contributed by atoms with Crippen LogP contribution < -0.4 is 4.74 Å². The number of alkyl halides is 3. The van der Waals surface area contributed by atoms with Crippen molar-refractivity contribution in [1.82, 2.24) is 15.0 Å². The number of benzene rings is 2. The first kappa shape index (κ1) is 20.9. The minimum Gasteiger partial charge on any atom is -0.406 e. The second kappa shape index (κ2) is 8.66. The Kier molecular flexibility index (Phi) is 6.23. The molecule has 0 fully saturated rings. The Morgan fingerprint density at radius 2 is 1.69 bits per heavy atom. The Hall–Kier alpha value is -2.85. The molecule has 0 saturated carbocycles. The molecule has 150 valence electrons. The van der Waals surface area contributed by atoms with Gasteiger partial charge in [0.25, 0.3) is 5.95 Å². The molecule has 0 atom stereocenters. The second-order valence-corrected chi connectivity index (χ2v) is 6.16. The van der Waals surface area contributed by atoms with Crippen molar-refractivity contribution in [2.75, 3.05) is 0 Å². The van der Waals surface area contributed by atoms with Crippen molar-refractivity contribution in [3.8, 4) is 17.1 Å². The minimum atomic E-state index is -4.77. The molecule has 0 aliphatic carbocycles. The second-order valence-electron chi connectivity index (χ2n) is 5.42. The Balaban J connectivity index is 1.75. The van der Waals surface area contributed by atoms with E-state index >= 15 is 0 Å². The van der Waals surface area contributed by atoms with Gasteiger partial charge in [0.1, 0.15) is 11.6 Å². The maximum Gasteiger partial charge on any atom is 0.573 e. The van der Waals surface area contributed by atoms with Gasteiger partial charge in [-0.05, 0) is 41.4 Å². The largest absolute Gasteiger partial charge is 0.573 e. The van der Waals surface area contributed by atoms with Crippen molar-refractivity contribution >= 4 is 29.2 Å². The summed E-state index contributed by atoms with van der Waals surface area (Å²) in [5, 5.41) is 7.49. The van der Waals surface area contributed by atoms with Gasteiger partial charge in [0, 0.05) is 0 Å². The van der Waals surface area contributed by atoms with Crippen LogP contribution in [-0.2, 0) is 6.54 Å². The smallest absolute Gasteiger partial charge is 0.406 e. The molecule has 0 saturated heterocycles. The van der Waals surface area contributed by atoms with Crippen LogP contribution in [0.1, 0.15) is 5.56 Å². The van der Waals surface area contributed by atoms with E-state index in [4.69, 9.17) is 23.2 Å². The summed E-state index contributed by atoms with van der Waals surface area (Å²) in [6.07, 6.45) is -4.77. The first-order valence-corrected chi connectivity index (χ1v) is 8.55. The molecule has 3 aromatic rings. The summed E-state index contributed by atoms with van der Waals surface area (Å²) in [6.45, 7) is 0.0192. The summed E-state index contributed by atoms with van der Waals surface area (Å²) in [6, 6.07) is 9.16. The number of halogens is 6. The Bertz CT molecular complexity index is 1020. The SMILES string of the molecule is Fc1cccc(Cl)c1-c1nc(Cl)nc(N=NCc2ccc(OC(F)(F)F)cc2)n1. The Morgan fingerprint density at radius 3 is 2.34 bits per heavy atom. The first-order valence-electron chi connectivity index (χ1n) is 7.79. The predicted molar refractivity (Wildman–Crippen MR) is 96.6 cm³/mol. The molecule has 0 aliphatic heterocycles. The standard InChI is InChI=1S/C17H9Cl2F4N5O/c18-11-2-1-3-12(20)13(11)14-25-15(19)27-16(26-14)28-24-8-9-4-6-10(7-5-9)29-17(21,22)23/h1-7H,8H2. The van der Waals surface area contributed by atoms with Crippen LogP contribution in [0.25, 0.3) is 11.4 Å². The van der Waals surface area contributed by atoms with Crippen molar-refractivity contribution in [2.24, 2.45) is 10.2 Å². The van der Waals surface area contributed by atoms with E-state index in [1.165, 1.54) is 30.3 Å². The average Bonchev–Trinajstić information content (AvgIpc) is 2.61. The molecule has 1 heterocycles. The van der Waals surface area contributed by atoms with Gasteiger partial charge in [0.15, 0.2) is 5.82 Å². The number of azo groups is 1. The van der Waals surface area contributed by atoms with Crippen LogP contribution in [0.2, 0.25) is 10.3 Å². The Morgan fingerprint density at radius 1 is 0.966 bits per heavy atom. The van der Waals surface area contributed by atoms with Crippen molar-refractivity contribution in [1.29, 1.82) is 0 Å². The van der Waals surface area contributed by atoms with Gasteiger partial charge >= 0.3 is 6.36 Å². The normalized spacial score (nSPS) is 11.8. The number of hydrogen-bond acceptors (Lipinski definition) is 6. The van der Waals surface area contributed by atoms with Crippen LogP contribution in [-0.4, -0.2) is 21.3 Å². The zero-order valence-electron chi connectivity index (χ0n) is 14.2. The van der Waals surface area contributed by atoms with Crippen LogP contribution in [0.5, 0.6) is 5.75 Å². The molecule has 0 radical (unpaired) electrons. The highest BCUT2D eigenvalue weighted by Gasteiger charge is 2.30. The quantitative estimate of drug-likeness (QED) is 0.347. The highest BCUT2D eigenvalue weighted by molar-refractivity contribution is 6.33. The lowest BCUT2D eigenvalue weighted by atomic mass is 10.2. The van der Waals surface area contributed by atoms with E-state index in [0.29, 0.717) is 5.56 Å². The zero-order chi connectivity index (χ0) is 21.0. The number of hydrogen-bond donors (Lipinski definition) is 0. The summed E-state index contributed by atoms with van der Waals surface area (Å²) in [4.78, 5) is 11.6. The molecule has 0 unspecified atom stereocenters. The van der Waals surface area contributed by atoms with E-state index in [1.54, 1.807) is 0 Å². The maximum absolute atomic E-state index is 14.0. The van der Waals surface area contributed by atoms with E-state index in [-0.39, 0.29) is 39.9 Å². The zero-order valence-corrected chi connectivity index (χ0v) is 15.7. The Labute approximate surface area is 171 Å². The van der Waals surface area contributed by atoms with Gasteiger partial charge in [-0.15, -0.1) is 18.3 Å². The van der Waals surface area contributed by atoms with E-state index in [1.807, 2.05) is 0 Å². The lowest BCUT2D eigenvalue weighted by Crippen LogP contribution is -2.16. The van der Waals surface area contributed by atoms with Crippen molar-refractivity contribution < 1.29 is 22.3 Å². The average molecular weight is 446 g/mol. The van der Waals surface area contributed by atoms with E-state index in [2.05, 4.69) is 29.9 Å². The molecular formula is C17H9Cl2F4N5O. The number of aromatic nitrogens is 3. The van der Waals surface area contributed by atoms with E-state index in [0.717, 1.165) is 12.1 Å². The van der Waals surface area contributed by atoms with Crippen molar-refractivity contribution in [3.05, 3.63) is 64.2 Å². The van der Waals surface area contributed by atoms with Crippen molar-refractivity contribution in [3.63, 3.8) is 0 Å². The minimum absolute atomic E-state index is 0.0192. The van der Waals surface area contributed by atoms with Gasteiger partial charge in [-0.3, -0.25) is 0 Å². The van der Waals surface area contributed by atoms with Crippen LogP contribution in [0.3, 0.4) is 0 Å². The molecule has 1 aromatic heterocycles. The molecule has 0 N–H and O–H groups in total. The monoisotopic (exact) mass is 445 g/mol. The molecule has 3 rings (SSSR count). The molecule has 12 heteroatoms. The summed E-state index contributed by atoms with van der Waals surface area (Å²) in [5.41, 5.74) is 0.496. The highest BCUT2D eigenvalue weighted by atomic mass is 35.5. The molecule has 0 spiro atoms. The number of rotatable bonds is 5. The number of ether oxygens (including phenoxy) is 1. The number of nitrogens with zero attached hydrogens (tertiary/aromatic N) is 5. The summed E-state index contributed by atoms with van der Waals surface area (Å²) >= 11 is 11.8. The summed E-state index contributed by atoms with van der Waals surface area (Å²) < 4.78 is 54.3. The lowest BCUT2D eigenvalue weighted by Gasteiger charge is -2.08. The van der Waals surface area contributed by atoms with Crippen LogP contribution in [0.4, 0.5) is 23.5 Å². The van der Waals surface area contributed by atoms with Crippen molar-refractivity contribution in [2.45, 2.75) is 12.9 Å². The maximum atomic E-state index is 14.0. The molecule has 0 amide bonds. The summed E-state index contributed by atoms with van der Waals surface area (Å²) in [7, 11) is 0. The fourth-order valence-corrected chi connectivity index (χ4v) is 2.59. The first-order chi connectivity index (χ1) is 13.7. The lowest BCUT2D eigenvalue weighted by molar-refractivity contribution is -0.274. The van der Waals surface area contributed by atoms with Crippen LogP contribution in [0, 0.1) is 5.82 Å². The van der Waals surface area contributed by atoms with Gasteiger partial charge in [-0.25, -0.2) is 4.39 Å². The van der Waals surface area contributed by atoms with Gasteiger partial charge in [0.05, 0.1) is 17.1 Å². The van der Waals surface area contributed by atoms with E-state index < -0.39 is 12.2 Å². The van der Waals surface area contributed by atoms with Gasteiger partial charge in [0.2, 0.25) is 5.28 Å². The molecule has 29 heavy (non-hydrogen) atoms. The van der Waals surface area contributed by atoms with Gasteiger partial charge < -0.3 is 4.74 Å². The molecule has 0 aliphatic rings. The highest BCUT2D eigenvalue weighted by Crippen LogP contribution is 2.29. The van der Waals surface area contributed by atoms with E-state index in [9.17, 15) is 17.6 Å².